The summed E-state index contributed by atoms with van der Waals surface area (Å²) in [6.07, 6.45) is 56.7. The fraction of sp³-hybridized carbons (Fsp3) is 0.792. The van der Waals surface area contributed by atoms with Crippen LogP contribution in [0.25, 0.3) is 0 Å². The van der Waals surface area contributed by atoms with E-state index in [0.29, 0.717) is 19.3 Å². The van der Waals surface area contributed by atoms with Gasteiger partial charge in [-0.1, -0.05) is 204 Å². The van der Waals surface area contributed by atoms with E-state index in [1.807, 2.05) is 0 Å². The van der Waals surface area contributed by atoms with Crippen LogP contribution in [0.3, 0.4) is 0 Å². The molecule has 0 amide bonds. The first-order chi connectivity index (χ1) is 29.0. The Kier molecular flexibility index (Phi) is 45.9. The van der Waals surface area contributed by atoms with E-state index in [2.05, 4.69) is 69.4 Å². The summed E-state index contributed by atoms with van der Waals surface area (Å²) < 4.78 is 16.7. The van der Waals surface area contributed by atoms with Crippen molar-refractivity contribution in [1.82, 2.24) is 0 Å². The number of allylic oxidation sites excluding steroid dienone is 8. The minimum atomic E-state index is -0.797. The van der Waals surface area contributed by atoms with Crippen molar-refractivity contribution in [2.75, 3.05) is 13.2 Å². The second kappa shape index (κ2) is 48.0. The monoisotopic (exact) mass is 827 g/mol. The molecule has 0 aliphatic carbocycles. The lowest BCUT2D eigenvalue weighted by atomic mass is 10.1. The van der Waals surface area contributed by atoms with Crippen LogP contribution < -0.4 is 0 Å². The van der Waals surface area contributed by atoms with Gasteiger partial charge in [-0.25, -0.2) is 0 Å². The second-order valence-electron chi connectivity index (χ2n) is 16.7. The standard InChI is InChI=1S/C53H94O6/c1-4-7-10-13-16-19-22-24-26-27-28-30-31-34-37-40-43-46-52(55)58-49-50(48-57-51(54)45-42-39-36-33-21-18-15-12-9-6-3)59-53(56)47-44-41-38-35-32-29-25-23-20-17-14-11-8-5-2/h24,26,28-30,32,34,37,50H,4-23,25,27,31,33,35-36,38-49H2,1-3H3/b26-24-,30-28-,32-29-,37-34-. The van der Waals surface area contributed by atoms with Crippen molar-refractivity contribution in [3.8, 4) is 0 Å². The molecule has 0 heterocycles. The normalized spacial score (nSPS) is 12.4. The highest BCUT2D eigenvalue weighted by atomic mass is 16.6. The third-order valence-electron chi connectivity index (χ3n) is 10.8. The highest BCUT2D eigenvalue weighted by Gasteiger charge is 2.19. The SMILES string of the molecule is CCCCCCCC/C=C\C/C=C\C/C=C\CCCC(=O)OCC(COC(=O)CCCCCCCCCCCC)OC(=O)CCCCC/C=C\CCCCCCCCC. The van der Waals surface area contributed by atoms with Crippen molar-refractivity contribution < 1.29 is 28.6 Å². The predicted octanol–water partition coefficient (Wildman–Crippen LogP) is 16.3. The Morgan fingerprint density at radius 1 is 0.339 bits per heavy atom. The van der Waals surface area contributed by atoms with Crippen LogP contribution in [-0.2, 0) is 28.6 Å². The second-order valence-corrected chi connectivity index (χ2v) is 16.7. The molecular formula is C53H94O6. The van der Waals surface area contributed by atoms with Crippen molar-refractivity contribution in [3.05, 3.63) is 48.6 Å². The first-order valence-electron chi connectivity index (χ1n) is 25.1. The van der Waals surface area contributed by atoms with E-state index in [1.165, 1.54) is 135 Å². The third-order valence-corrected chi connectivity index (χ3v) is 10.8. The van der Waals surface area contributed by atoms with E-state index in [-0.39, 0.29) is 37.5 Å². The summed E-state index contributed by atoms with van der Waals surface area (Å²) in [7, 11) is 0. The first-order valence-corrected chi connectivity index (χ1v) is 25.1. The van der Waals surface area contributed by atoms with E-state index in [1.54, 1.807) is 0 Å². The number of rotatable bonds is 45. The third kappa shape index (κ3) is 46.3. The zero-order valence-corrected chi connectivity index (χ0v) is 39.0. The molecular weight excluding hydrogens is 733 g/mol. The lowest BCUT2D eigenvalue weighted by Crippen LogP contribution is -2.30. The lowest BCUT2D eigenvalue weighted by Gasteiger charge is -2.18. The van der Waals surface area contributed by atoms with Gasteiger partial charge in [0.1, 0.15) is 13.2 Å². The van der Waals surface area contributed by atoms with Gasteiger partial charge in [0.25, 0.3) is 0 Å². The zero-order chi connectivity index (χ0) is 43.0. The number of unbranched alkanes of at least 4 members (excludes halogenated alkanes) is 26. The molecule has 0 radical (unpaired) electrons. The Bertz CT molecular complexity index is 1040. The van der Waals surface area contributed by atoms with Crippen LogP contribution in [-0.4, -0.2) is 37.2 Å². The van der Waals surface area contributed by atoms with Gasteiger partial charge in [0.15, 0.2) is 6.10 Å². The lowest BCUT2D eigenvalue weighted by molar-refractivity contribution is -0.167. The Labute approximate surface area is 365 Å². The summed E-state index contributed by atoms with van der Waals surface area (Å²) >= 11 is 0. The molecule has 0 N–H and O–H groups in total. The topological polar surface area (TPSA) is 78.9 Å². The average Bonchev–Trinajstić information content (AvgIpc) is 3.23. The molecule has 0 aliphatic heterocycles. The maximum absolute atomic E-state index is 12.7. The van der Waals surface area contributed by atoms with E-state index in [9.17, 15) is 14.4 Å². The van der Waals surface area contributed by atoms with Crippen LogP contribution in [0, 0.1) is 0 Å². The first kappa shape index (κ1) is 56.4. The number of carbonyl (C=O) groups is 3. The molecule has 6 nitrogen and oxygen atoms in total. The van der Waals surface area contributed by atoms with Crippen molar-refractivity contribution in [1.29, 1.82) is 0 Å². The van der Waals surface area contributed by atoms with Gasteiger partial charge in [0, 0.05) is 19.3 Å². The van der Waals surface area contributed by atoms with Crippen LogP contribution in [0.15, 0.2) is 48.6 Å². The molecule has 1 unspecified atom stereocenters. The fourth-order valence-corrected chi connectivity index (χ4v) is 6.98. The molecule has 0 aromatic carbocycles. The van der Waals surface area contributed by atoms with Crippen molar-refractivity contribution >= 4 is 17.9 Å². The maximum Gasteiger partial charge on any atom is 0.306 e. The minimum absolute atomic E-state index is 0.0929. The number of hydrogen-bond acceptors (Lipinski definition) is 6. The Morgan fingerprint density at radius 2 is 0.627 bits per heavy atom. The molecule has 0 aromatic heterocycles. The van der Waals surface area contributed by atoms with Crippen LogP contribution in [0.5, 0.6) is 0 Å². The molecule has 0 fully saturated rings. The van der Waals surface area contributed by atoms with Gasteiger partial charge >= 0.3 is 17.9 Å². The van der Waals surface area contributed by atoms with Gasteiger partial charge in [-0.2, -0.15) is 0 Å². The van der Waals surface area contributed by atoms with E-state index in [0.717, 1.165) is 70.6 Å². The Hall–Kier alpha value is -2.63. The molecule has 0 bridgehead atoms. The molecule has 0 rings (SSSR count). The molecule has 6 heteroatoms. The van der Waals surface area contributed by atoms with Gasteiger partial charge in [-0.3, -0.25) is 14.4 Å². The Balaban J connectivity index is 4.44. The summed E-state index contributed by atoms with van der Waals surface area (Å²) in [5.41, 5.74) is 0. The highest BCUT2D eigenvalue weighted by molar-refractivity contribution is 5.71. The smallest absolute Gasteiger partial charge is 0.306 e. The van der Waals surface area contributed by atoms with Gasteiger partial charge in [0.2, 0.25) is 0 Å². The number of hydrogen-bond donors (Lipinski definition) is 0. The minimum Gasteiger partial charge on any atom is -0.462 e. The van der Waals surface area contributed by atoms with Gasteiger partial charge in [0.05, 0.1) is 0 Å². The summed E-state index contributed by atoms with van der Waals surface area (Å²) in [4.78, 5) is 37.8. The van der Waals surface area contributed by atoms with Crippen molar-refractivity contribution in [3.63, 3.8) is 0 Å². The largest absolute Gasteiger partial charge is 0.462 e. The van der Waals surface area contributed by atoms with Gasteiger partial charge < -0.3 is 14.2 Å². The molecule has 342 valence electrons. The summed E-state index contributed by atoms with van der Waals surface area (Å²) in [5.74, 6) is -0.961. The van der Waals surface area contributed by atoms with Gasteiger partial charge in [-0.05, 0) is 77.0 Å². The number of ether oxygens (including phenoxy) is 3. The van der Waals surface area contributed by atoms with Crippen LogP contribution >= 0.6 is 0 Å². The molecule has 0 saturated carbocycles. The van der Waals surface area contributed by atoms with Crippen LogP contribution in [0.2, 0.25) is 0 Å². The molecule has 0 aromatic rings. The quantitative estimate of drug-likeness (QED) is 0.0263. The summed E-state index contributed by atoms with van der Waals surface area (Å²) in [6.45, 7) is 6.56. The summed E-state index contributed by atoms with van der Waals surface area (Å²) in [5, 5.41) is 0. The highest BCUT2D eigenvalue weighted by Crippen LogP contribution is 2.14. The average molecular weight is 827 g/mol. The fourth-order valence-electron chi connectivity index (χ4n) is 6.98. The molecule has 59 heavy (non-hydrogen) atoms. The predicted molar refractivity (Wildman–Crippen MR) is 252 cm³/mol. The molecule has 1 atom stereocenters. The zero-order valence-electron chi connectivity index (χ0n) is 39.0. The number of esters is 3. The van der Waals surface area contributed by atoms with Crippen molar-refractivity contribution in [2.45, 2.75) is 258 Å². The van der Waals surface area contributed by atoms with E-state index >= 15 is 0 Å². The van der Waals surface area contributed by atoms with Crippen LogP contribution in [0.4, 0.5) is 0 Å². The molecule has 0 spiro atoms. The molecule has 0 aliphatic rings. The Morgan fingerprint density at radius 3 is 1.05 bits per heavy atom. The van der Waals surface area contributed by atoms with Crippen LogP contribution in [0.1, 0.15) is 252 Å². The molecule has 0 saturated heterocycles. The van der Waals surface area contributed by atoms with E-state index < -0.39 is 6.10 Å². The van der Waals surface area contributed by atoms with Gasteiger partial charge in [-0.15, -0.1) is 0 Å². The number of carbonyl (C=O) groups excluding carboxylic acids is 3. The summed E-state index contributed by atoms with van der Waals surface area (Å²) in [6, 6.07) is 0. The van der Waals surface area contributed by atoms with E-state index in [4.69, 9.17) is 14.2 Å². The van der Waals surface area contributed by atoms with Crippen molar-refractivity contribution in [2.24, 2.45) is 0 Å². The maximum atomic E-state index is 12.7.